The molecule has 94 valence electrons. The minimum Gasteiger partial charge on any atom is -0.380 e. The van der Waals surface area contributed by atoms with E-state index in [2.05, 4.69) is 21.2 Å². The van der Waals surface area contributed by atoms with Crippen LogP contribution in [0.3, 0.4) is 0 Å². The van der Waals surface area contributed by atoms with Crippen LogP contribution in [0.4, 0.5) is 14.5 Å². The van der Waals surface area contributed by atoms with E-state index in [1.165, 1.54) is 31.7 Å². The van der Waals surface area contributed by atoms with Crippen molar-refractivity contribution < 1.29 is 8.78 Å². The lowest BCUT2D eigenvalue weighted by atomic mass is 10.1. The lowest BCUT2D eigenvalue weighted by Crippen LogP contribution is -2.19. The molecule has 1 aromatic rings. The Hall–Kier alpha value is -0.640. The molecule has 0 atom stereocenters. The third kappa shape index (κ3) is 3.41. The first kappa shape index (κ1) is 12.8. The van der Waals surface area contributed by atoms with Gasteiger partial charge in [0.1, 0.15) is 11.6 Å². The Labute approximate surface area is 109 Å². The van der Waals surface area contributed by atoms with E-state index in [0.717, 1.165) is 18.9 Å². The standard InChI is InChI=1S/C13H16BrF2N/c14-10-7-13(12(16)8-11(10)15)17-9-5-3-1-2-4-6-9/h7-9,17H,1-6H2. The summed E-state index contributed by atoms with van der Waals surface area (Å²) in [6.45, 7) is 0. The number of hydrogen-bond donors (Lipinski definition) is 1. The molecular weight excluding hydrogens is 288 g/mol. The Bertz CT molecular complexity index is 387. The van der Waals surface area contributed by atoms with Crippen LogP contribution in [-0.4, -0.2) is 6.04 Å². The van der Waals surface area contributed by atoms with Crippen molar-refractivity contribution >= 4 is 21.6 Å². The van der Waals surface area contributed by atoms with Gasteiger partial charge < -0.3 is 5.32 Å². The fraction of sp³-hybridized carbons (Fsp3) is 0.538. The molecule has 4 heteroatoms. The highest BCUT2D eigenvalue weighted by atomic mass is 79.9. The maximum absolute atomic E-state index is 13.6. The summed E-state index contributed by atoms with van der Waals surface area (Å²) in [5.74, 6) is -1.08. The second-order valence-corrected chi connectivity index (χ2v) is 5.43. The Morgan fingerprint density at radius 2 is 1.65 bits per heavy atom. The molecule has 0 bridgehead atoms. The number of halogens is 3. The van der Waals surface area contributed by atoms with Gasteiger partial charge in [-0.25, -0.2) is 8.78 Å². The lowest BCUT2D eigenvalue weighted by molar-refractivity contribution is 0.571. The predicted molar refractivity (Wildman–Crippen MR) is 69.2 cm³/mol. The molecule has 0 saturated heterocycles. The zero-order chi connectivity index (χ0) is 12.3. The number of rotatable bonds is 2. The van der Waals surface area contributed by atoms with Gasteiger partial charge in [0.15, 0.2) is 0 Å². The molecule has 1 saturated carbocycles. The van der Waals surface area contributed by atoms with Crippen molar-refractivity contribution in [1.29, 1.82) is 0 Å². The summed E-state index contributed by atoms with van der Waals surface area (Å²) in [5, 5.41) is 3.19. The first-order valence-electron chi connectivity index (χ1n) is 6.08. The Morgan fingerprint density at radius 3 is 2.29 bits per heavy atom. The Kier molecular flexibility index (Phi) is 4.37. The largest absolute Gasteiger partial charge is 0.380 e. The molecular formula is C13H16BrF2N. The second-order valence-electron chi connectivity index (χ2n) is 4.58. The van der Waals surface area contributed by atoms with E-state index in [-0.39, 0.29) is 0 Å². The predicted octanol–water partition coefficient (Wildman–Crippen LogP) is 4.86. The minimum atomic E-state index is -0.561. The van der Waals surface area contributed by atoms with Crippen LogP contribution in [0.1, 0.15) is 38.5 Å². The van der Waals surface area contributed by atoms with Crippen LogP contribution >= 0.6 is 15.9 Å². The molecule has 1 fully saturated rings. The van der Waals surface area contributed by atoms with Gasteiger partial charge in [0.05, 0.1) is 10.2 Å². The van der Waals surface area contributed by atoms with Crippen LogP contribution in [0.5, 0.6) is 0 Å². The fourth-order valence-electron chi connectivity index (χ4n) is 2.28. The average molecular weight is 304 g/mol. The number of benzene rings is 1. The van der Waals surface area contributed by atoms with Gasteiger partial charge in [-0.3, -0.25) is 0 Å². The van der Waals surface area contributed by atoms with Crippen molar-refractivity contribution in [3.63, 3.8) is 0 Å². The molecule has 0 aliphatic heterocycles. The SMILES string of the molecule is Fc1cc(F)c(NC2CCCCCC2)cc1Br. The maximum atomic E-state index is 13.6. The van der Waals surface area contributed by atoms with E-state index in [9.17, 15) is 8.78 Å². The topological polar surface area (TPSA) is 12.0 Å². The van der Waals surface area contributed by atoms with Crippen molar-refractivity contribution in [1.82, 2.24) is 0 Å². The Balaban J connectivity index is 2.09. The lowest BCUT2D eigenvalue weighted by Gasteiger charge is -2.18. The fourth-order valence-corrected chi connectivity index (χ4v) is 2.62. The molecule has 0 radical (unpaired) electrons. The molecule has 1 aliphatic rings. The van der Waals surface area contributed by atoms with Crippen molar-refractivity contribution in [3.05, 3.63) is 28.2 Å². The summed E-state index contributed by atoms with van der Waals surface area (Å²) in [4.78, 5) is 0. The number of anilines is 1. The van der Waals surface area contributed by atoms with Crippen molar-refractivity contribution in [2.45, 2.75) is 44.6 Å². The van der Waals surface area contributed by atoms with Crippen molar-refractivity contribution in [3.8, 4) is 0 Å². The summed E-state index contributed by atoms with van der Waals surface area (Å²) in [7, 11) is 0. The van der Waals surface area contributed by atoms with Gasteiger partial charge in [0, 0.05) is 12.1 Å². The van der Waals surface area contributed by atoms with Crippen LogP contribution in [0.2, 0.25) is 0 Å². The summed E-state index contributed by atoms with van der Waals surface area (Å²) >= 11 is 3.08. The van der Waals surface area contributed by atoms with Crippen molar-refractivity contribution in [2.75, 3.05) is 5.32 Å². The molecule has 1 nitrogen and oxygen atoms in total. The molecule has 17 heavy (non-hydrogen) atoms. The van der Waals surface area contributed by atoms with Crippen LogP contribution in [-0.2, 0) is 0 Å². The van der Waals surface area contributed by atoms with Gasteiger partial charge in [-0.1, -0.05) is 25.7 Å². The smallest absolute Gasteiger partial charge is 0.149 e. The van der Waals surface area contributed by atoms with Crippen LogP contribution in [0.15, 0.2) is 16.6 Å². The highest BCUT2D eigenvalue weighted by Gasteiger charge is 2.15. The second kappa shape index (κ2) is 5.80. The third-order valence-corrected chi connectivity index (χ3v) is 3.83. The molecule has 1 aromatic carbocycles. The van der Waals surface area contributed by atoms with Gasteiger partial charge in [-0.2, -0.15) is 0 Å². The molecule has 0 spiro atoms. The summed E-state index contributed by atoms with van der Waals surface area (Å²) in [6, 6.07) is 2.71. The van der Waals surface area contributed by atoms with E-state index in [0.29, 0.717) is 16.2 Å². The third-order valence-electron chi connectivity index (χ3n) is 3.22. The van der Waals surface area contributed by atoms with Crippen molar-refractivity contribution in [2.24, 2.45) is 0 Å². The van der Waals surface area contributed by atoms with Gasteiger partial charge >= 0.3 is 0 Å². The summed E-state index contributed by atoms with van der Waals surface area (Å²) in [6.07, 6.45) is 7.01. The molecule has 0 amide bonds. The average Bonchev–Trinajstić information content (AvgIpc) is 2.54. The quantitative estimate of drug-likeness (QED) is 0.607. The molecule has 1 N–H and O–H groups in total. The molecule has 0 unspecified atom stereocenters. The number of nitrogens with one attached hydrogen (secondary N) is 1. The monoisotopic (exact) mass is 303 g/mol. The van der Waals surface area contributed by atoms with E-state index >= 15 is 0 Å². The first-order chi connectivity index (χ1) is 8.16. The van der Waals surface area contributed by atoms with Gasteiger partial charge in [-0.15, -0.1) is 0 Å². The van der Waals surface area contributed by atoms with Crippen LogP contribution in [0.25, 0.3) is 0 Å². The molecule has 0 heterocycles. The van der Waals surface area contributed by atoms with E-state index < -0.39 is 11.6 Å². The van der Waals surface area contributed by atoms with Gasteiger partial charge in [-0.05, 0) is 34.8 Å². The van der Waals surface area contributed by atoms with Crippen LogP contribution < -0.4 is 5.32 Å². The van der Waals surface area contributed by atoms with Crippen LogP contribution in [0, 0.1) is 11.6 Å². The van der Waals surface area contributed by atoms with Gasteiger partial charge in [0.25, 0.3) is 0 Å². The zero-order valence-corrected chi connectivity index (χ0v) is 11.2. The highest BCUT2D eigenvalue weighted by molar-refractivity contribution is 9.10. The minimum absolute atomic E-state index is 0.301. The van der Waals surface area contributed by atoms with E-state index in [4.69, 9.17) is 0 Å². The highest BCUT2D eigenvalue weighted by Crippen LogP contribution is 2.27. The molecule has 1 aliphatic carbocycles. The van der Waals surface area contributed by atoms with E-state index in [1.54, 1.807) is 0 Å². The summed E-state index contributed by atoms with van der Waals surface area (Å²) in [5.41, 5.74) is 0.394. The molecule has 0 aromatic heterocycles. The maximum Gasteiger partial charge on any atom is 0.149 e. The van der Waals surface area contributed by atoms with E-state index in [1.807, 2.05) is 0 Å². The summed E-state index contributed by atoms with van der Waals surface area (Å²) < 4.78 is 27.0. The molecule has 2 rings (SSSR count). The number of hydrogen-bond acceptors (Lipinski definition) is 1. The Morgan fingerprint density at radius 1 is 1.00 bits per heavy atom. The first-order valence-corrected chi connectivity index (χ1v) is 6.87. The zero-order valence-electron chi connectivity index (χ0n) is 9.61. The normalized spacial score (nSPS) is 17.8. The van der Waals surface area contributed by atoms with Gasteiger partial charge in [0.2, 0.25) is 0 Å².